The van der Waals surface area contributed by atoms with Crippen LogP contribution in [0, 0.1) is 0 Å². The van der Waals surface area contributed by atoms with Crippen molar-refractivity contribution in [3.8, 4) is 5.75 Å². The molecule has 0 saturated heterocycles. The van der Waals surface area contributed by atoms with Crippen LogP contribution in [0.5, 0.6) is 5.75 Å². The normalized spacial score (nSPS) is 11.3. The van der Waals surface area contributed by atoms with E-state index >= 15 is 0 Å². The van der Waals surface area contributed by atoms with Crippen LogP contribution in [0.1, 0.15) is 25.3 Å². The lowest BCUT2D eigenvalue weighted by Crippen LogP contribution is -2.14. The average molecular weight is 246 g/mol. The Bertz CT molecular complexity index is 386. The number of halogens is 3. The number of carbonyl (C=O) groups is 1. The minimum atomic E-state index is -4.47. The fourth-order valence-electron chi connectivity index (χ4n) is 1.34. The second-order valence-corrected chi connectivity index (χ2v) is 3.57. The van der Waals surface area contributed by atoms with Gasteiger partial charge in [0.15, 0.2) is 5.78 Å². The van der Waals surface area contributed by atoms with E-state index in [-0.39, 0.29) is 18.1 Å². The Morgan fingerprint density at radius 3 is 2.53 bits per heavy atom. The number of benzene rings is 1. The van der Waals surface area contributed by atoms with Gasteiger partial charge in [-0.05, 0) is 18.6 Å². The van der Waals surface area contributed by atoms with Crippen LogP contribution in [0.2, 0.25) is 0 Å². The molecule has 0 aromatic heterocycles. The van der Waals surface area contributed by atoms with Crippen molar-refractivity contribution in [2.24, 2.45) is 0 Å². The molecule has 0 unspecified atom stereocenters. The van der Waals surface area contributed by atoms with Gasteiger partial charge in [0.05, 0.1) is 5.56 Å². The molecule has 0 aliphatic carbocycles. The van der Waals surface area contributed by atoms with E-state index in [0.717, 1.165) is 6.07 Å². The van der Waals surface area contributed by atoms with E-state index in [1.165, 1.54) is 18.2 Å². The summed E-state index contributed by atoms with van der Waals surface area (Å²) in [6.45, 7) is 1.50. The lowest BCUT2D eigenvalue weighted by Gasteiger charge is -2.12. The number of hydrogen-bond donors (Lipinski definition) is 0. The smallest absolute Gasteiger partial charge is 0.419 e. The number of Topliss-reactive ketones (excluding diaryl/α,β-unsaturated/α-hetero) is 1. The lowest BCUT2D eigenvalue weighted by molar-refractivity contribution is -0.139. The van der Waals surface area contributed by atoms with E-state index in [9.17, 15) is 18.0 Å². The molecular formula is C12H13F3O2. The topological polar surface area (TPSA) is 26.3 Å². The molecule has 0 bridgehead atoms. The first-order valence-electron chi connectivity index (χ1n) is 5.26. The van der Waals surface area contributed by atoms with Gasteiger partial charge in [-0.15, -0.1) is 0 Å². The van der Waals surface area contributed by atoms with E-state index in [0.29, 0.717) is 12.8 Å². The summed E-state index contributed by atoms with van der Waals surface area (Å²) in [6, 6.07) is 4.86. The fourth-order valence-corrected chi connectivity index (χ4v) is 1.34. The Morgan fingerprint density at radius 2 is 1.94 bits per heavy atom. The number of para-hydroxylation sites is 1. The highest BCUT2D eigenvalue weighted by molar-refractivity contribution is 5.79. The molecule has 0 fully saturated rings. The average Bonchev–Trinajstić information content (AvgIpc) is 2.26. The summed E-state index contributed by atoms with van der Waals surface area (Å²) in [7, 11) is 0. The van der Waals surface area contributed by atoms with Crippen molar-refractivity contribution in [3.05, 3.63) is 29.8 Å². The molecule has 17 heavy (non-hydrogen) atoms. The highest BCUT2D eigenvalue weighted by Gasteiger charge is 2.34. The summed E-state index contributed by atoms with van der Waals surface area (Å²) in [5.74, 6) is -0.506. The highest BCUT2D eigenvalue weighted by Crippen LogP contribution is 2.35. The number of alkyl halides is 3. The van der Waals surface area contributed by atoms with E-state index in [2.05, 4.69) is 0 Å². The fraction of sp³-hybridized carbons (Fsp3) is 0.417. The monoisotopic (exact) mass is 246 g/mol. The SMILES string of the molecule is CCCC(=O)COc1ccccc1C(F)(F)F. The molecule has 1 aromatic rings. The molecule has 0 amide bonds. The molecule has 0 radical (unpaired) electrons. The summed E-state index contributed by atoms with van der Waals surface area (Å²) in [5.41, 5.74) is -0.857. The van der Waals surface area contributed by atoms with E-state index in [4.69, 9.17) is 4.74 Å². The van der Waals surface area contributed by atoms with Crippen LogP contribution in [0.25, 0.3) is 0 Å². The first kappa shape index (κ1) is 13.5. The highest BCUT2D eigenvalue weighted by atomic mass is 19.4. The van der Waals surface area contributed by atoms with Gasteiger partial charge in [0.25, 0.3) is 0 Å². The molecule has 1 aromatic carbocycles. The molecule has 0 heterocycles. The molecule has 0 aliphatic rings. The zero-order chi connectivity index (χ0) is 12.9. The van der Waals surface area contributed by atoms with Crippen LogP contribution in [-0.2, 0) is 11.0 Å². The Morgan fingerprint density at radius 1 is 1.29 bits per heavy atom. The van der Waals surface area contributed by atoms with Crippen LogP contribution in [0.4, 0.5) is 13.2 Å². The maximum atomic E-state index is 12.6. The van der Waals surface area contributed by atoms with Crippen LogP contribution >= 0.6 is 0 Å². The number of rotatable bonds is 5. The predicted molar refractivity (Wildman–Crippen MR) is 56.9 cm³/mol. The number of hydrogen-bond acceptors (Lipinski definition) is 2. The van der Waals surface area contributed by atoms with Crippen molar-refractivity contribution < 1.29 is 22.7 Å². The van der Waals surface area contributed by atoms with Crippen LogP contribution in [0.15, 0.2) is 24.3 Å². The van der Waals surface area contributed by atoms with E-state index in [1.54, 1.807) is 0 Å². The molecule has 94 valence electrons. The van der Waals surface area contributed by atoms with Gasteiger partial charge in [-0.2, -0.15) is 13.2 Å². The number of ketones is 1. The maximum Gasteiger partial charge on any atom is 0.419 e. The maximum absolute atomic E-state index is 12.6. The Labute approximate surface area is 97.4 Å². The quantitative estimate of drug-likeness (QED) is 0.795. The van der Waals surface area contributed by atoms with Crippen molar-refractivity contribution in [3.63, 3.8) is 0 Å². The Hall–Kier alpha value is -1.52. The summed E-state index contributed by atoms with van der Waals surface area (Å²) < 4.78 is 42.6. The van der Waals surface area contributed by atoms with Gasteiger partial charge in [-0.25, -0.2) is 0 Å². The molecule has 2 nitrogen and oxygen atoms in total. The zero-order valence-electron chi connectivity index (χ0n) is 9.38. The molecule has 0 N–H and O–H groups in total. The zero-order valence-corrected chi connectivity index (χ0v) is 9.38. The van der Waals surface area contributed by atoms with Crippen molar-refractivity contribution in [2.75, 3.05) is 6.61 Å². The second kappa shape index (κ2) is 5.70. The first-order valence-corrected chi connectivity index (χ1v) is 5.26. The van der Waals surface area contributed by atoms with Crippen LogP contribution < -0.4 is 4.74 Å². The van der Waals surface area contributed by atoms with Gasteiger partial charge in [-0.3, -0.25) is 4.79 Å². The van der Waals surface area contributed by atoms with Crippen LogP contribution in [0.3, 0.4) is 0 Å². The molecule has 0 aliphatic heterocycles. The molecule has 0 spiro atoms. The summed E-state index contributed by atoms with van der Waals surface area (Å²) in [4.78, 5) is 11.2. The molecular weight excluding hydrogens is 233 g/mol. The molecule has 1 rings (SSSR count). The standard InChI is InChI=1S/C12H13F3O2/c1-2-5-9(16)8-17-11-7-4-3-6-10(11)12(13,14)15/h3-4,6-7H,2,5,8H2,1H3. The molecule has 5 heteroatoms. The first-order chi connectivity index (χ1) is 7.95. The van der Waals surface area contributed by atoms with E-state index < -0.39 is 11.7 Å². The third kappa shape index (κ3) is 4.09. The van der Waals surface area contributed by atoms with E-state index in [1.807, 2.05) is 6.92 Å². The summed E-state index contributed by atoms with van der Waals surface area (Å²) in [6.07, 6.45) is -3.50. The van der Waals surface area contributed by atoms with Crippen molar-refractivity contribution >= 4 is 5.78 Å². The van der Waals surface area contributed by atoms with Gasteiger partial charge >= 0.3 is 6.18 Å². The van der Waals surface area contributed by atoms with Crippen LogP contribution in [-0.4, -0.2) is 12.4 Å². The minimum absolute atomic E-state index is 0.204. The Balaban J connectivity index is 2.74. The third-order valence-corrected chi connectivity index (χ3v) is 2.11. The van der Waals surface area contributed by atoms with Gasteiger partial charge in [-0.1, -0.05) is 19.1 Å². The van der Waals surface area contributed by atoms with Gasteiger partial charge < -0.3 is 4.74 Å². The molecule has 0 saturated carbocycles. The largest absolute Gasteiger partial charge is 0.485 e. The second-order valence-electron chi connectivity index (χ2n) is 3.57. The summed E-state index contributed by atoms with van der Waals surface area (Å²) >= 11 is 0. The van der Waals surface area contributed by atoms with Gasteiger partial charge in [0, 0.05) is 6.42 Å². The van der Waals surface area contributed by atoms with Crippen molar-refractivity contribution in [1.82, 2.24) is 0 Å². The van der Waals surface area contributed by atoms with Crippen molar-refractivity contribution in [1.29, 1.82) is 0 Å². The minimum Gasteiger partial charge on any atom is -0.485 e. The number of carbonyl (C=O) groups excluding carboxylic acids is 1. The lowest BCUT2D eigenvalue weighted by atomic mass is 10.2. The molecule has 0 atom stereocenters. The van der Waals surface area contributed by atoms with Gasteiger partial charge in [0.2, 0.25) is 0 Å². The van der Waals surface area contributed by atoms with Gasteiger partial charge in [0.1, 0.15) is 12.4 Å². The summed E-state index contributed by atoms with van der Waals surface area (Å²) in [5, 5.41) is 0. The van der Waals surface area contributed by atoms with Crippen molar-refractivity contribution in [2.45, 2.75) is 25.9 Å². The Kier molecular flexibility index (Phi) is 4.54. The third-order valence-electron chi connectivity index (χ3n) is 2.11. The predicted octanol–water partition coefficient (Wildman–Crippen LogP) is 3.45. The number of ether oxygens (including phenoxy) is 1.